The summed E-state index contributed by atoms with van der Waals surface area (Å²) in [6, 6.07) is 0.698. The van der Waals surface area contributed by atoms with Crippen LogP contribution in [-0.2, 0) is 0 Å². The summed E-state index contributed by atoms with van der Waals surface area (Å²) in [5, 5.41) is 3.77. The van der Waals surface area contributed by atoms with Crippen LogP contribution in [0.5, 0.6) is 0 Å². The molecule has 2 heteroatoms. The van der Waals surface area contributed by atoms with Gasteiger partial charge in [-0.1, -0.05) is 33.6 Å². The van der Waals surface area contributed by atoms with E-state index in [-0.39, 0.29) is 0 Å². The number of rotatable bonds is 4. The Hall–Kier alpha value is -0.0800. The van der Waals surface area contributed by atoms with Crippen molar-refractivity contribution in [3.05, 3.63) is 0 Å². The van der Waals surface area contributed by atoms with E-state index in [0.717, 1.165) is 5.92 Å². The molecule has 2 atom stereocenters. The Morgan fingerprint density at radius 3 is 2.74 bits per heavy atom. The molecule has 0 aromatic carbocycles. The van der Waals surface area contributed by atoms with Crippen LogP contribution in [0.1, 0.15) is 65.7 Å². The lowest BCUT2D eigenvalue weighted by molar-refractivity contribution is 0.127. The van der Waals surface area contributed by atoms with E-state index in [1.807, 2.05) is 0 Å². The average Bonchev–Trinajstić information content (AvgIpc) is 2.58. The zero-order valence-corrected chi connectivity index (χ0v) is 13.4. The van der Waals surface area contributed by atoms with Crippen LogP contribution in [-0.4, -0.2) is 37.1 Å². The highest BCUT2D eigenvalue weighted by atomic mass is 15.2. The zero-order valence-electron chi connectivity index (χ0n) is 13.4. The minimum atomic E-state index is 0.480. The number of piperidine rings is 1. The van der Waals surface area contributed by atoms with Crippen molar-refractivity contribution < 1.29 is 0 Å². The van der Waals surface area contributed by atoms with Crippen molar-refractivity contribution in [3.63, 3.8) is 0 Å². The van der Waals surface area contributed by atoms with Gasteiger partial charge in [-0.25, -0.2) is 0 Å². The van der Waals surface area contributed by atoms with Crippen LogP contribution in [0, 0.1) is 11.3 Å². The summed E-state index contributed by atoms with van der Waals surface area (Å²) in [6.45, 7) is 12.4. The molecule has 19 heavy (non-hydrogen) atoms. The van der Waals surface area contributed by atoms with Gasteiger partial charge in [-0.15, -0.1) is 0 Å². The molecule has 0 saturated carbocycles. The maximum Gasteiger partial charge on any atom is 0.0246 e. The molecular weight excluding hydrogens is 232 g/mol. The minimum absolute atomic E-state index is 0.480. The summed E-state index contributed by atoms with van der Waals surface area (Å²) in [5.74, 6) is 1.00. The zero-order chi connectivity index (χ0) is 13.7. The van der Waals surface area contributed by atoms with Crippen LogP contribution in [0.2, 0.25) is 0 Å². The Labute approximate surface area is 120 Å². The van der Waals surface area contributed by atoms with E-state index in [0.29, 0.717) is 11.5 Å². The fourth-order valence-corrected chi connectivity index (χ4v) is 3.95. The second-order valence-electron chi connectivity index (χ2n) is 7.49. The number of hydrogen-bond donors (Lipinski definition) is 1. The van der Waals surface area contributed by atoms with Crippen molar-refractivity contribution in [2.24, 2.45) is 11.3 Å². The summed E-state index contributed by atoms with van der Waals surface area (Å²) < 4.78 is 0. The molecule has 2 aliphatic heterocycles. The van der Waals surface area contributed by atoms with Gasteiger partial charge in [0, 0.05) is 12.6 Å². The Morgan fingerprint density at radius 2 is 2.00 bits per heavy atom. The molecule has 2 aliphatic rings. The number of hydrogen-bond acceptors (Lipinski definition) is 2. The quantitative estimate of drug-likeness (QED) is 0.835. The molecule has 2 saturated heterocycles. The maximum absolute atomic E-state index is 3.77. The van der Waals surface area contributed by atoms with Crippen LogP contribution in [0.3, 0.4) is 0 Å². The predicted molar refractivity (Wildman–Crippen MR) is 83.5 cm³/mol. The molecule has 1 N–H and O–H groups in total. The van der Waals surface area contributed by atoms with Crippen molar-refractivity contribution in [1.29, 1.82) is 0 Å². The Bertz CT molecular complexity index is 262. The monoisotopic (exact) mass is 266 g/mol. The third-order valence-corrected chi connectivity index (χ3v) is 5.41. The first kappa shape index (κ1) is 15.3. The standard InChI is InChI=1S/C17H34N2/c1-4-7-15-8-5-12-19(13-9-15)14-16-17(2,3)10-6-11-18-16/h15-16,18H,4-14H2,1-3H3. The molecule has 0 radical (unpaired) electrons. The van der Waals surface area contributed by atoms with Crippen molar-refractivity contribution in [1.82, 2.24) is 10.2 Å². The van der Waals surface area contributed by atoms with Gasteiger partial charge in [-0.3, -0.25) is 0 Å². The molecule has 0 amide bonds. The van der Waals surface area contributed by atoms with Gasteiger partial charge in [0.25, 0.3) is 0 Å². The Balaban J connectivity index is 1.82. The number of nitrogens with one attached hydrogen (secondary N) is 1. The van der Waals surface area contributed by atoms with Crippen LogP contribution in [0.25, 0.3) is 0 Å². The molecule has 0 bridgehead atoms. The van der Waals surface area contributed by atoms with E-state index in [4.69, 9.17) is 0 Å². The van der Waals surface area contributed by atoms with Crippen LogP contribution < -0.4 is 5.32 Å². The van der Waals surface area contributed by atoms with Gasteiger partial charge in [0.15, 0.2) is 0 Å². The lowest BCUT2D eigenvalue weighted by atomic mass is 9.77. The van der Waals surface area contributed by atoms with Crippen molar-refractivity contribution >= 4 is 0 Å². The van der Waals surface area contributed by atoms with E-state index in [2.05, 4.69) is 31.0 Å². The predicted octanol–water partition coefficient (Wildman–Crippen LogP) is 3.67. The smallest absolute Gasteiger partial charge is 0.0246 e. The SMILES string of the molecule is CCCC1CCCN(CC2NCCCC2(C)C)CC1. The highest BCUT2D eigenvalue weighted by Crippen LogP contribution is 2.31. The molecule has 0 aliphatic carbocycles. The number of likely N-dealkylation sites (tertiary alicyclic amines) is 1. The molecule has 2 heterocycles. The first-order valence-corrected chi connectivity index (χ1v) is 8.57. The van der Waals surface area contributed by atoms with Crippen LogP contribution >= 0.6 is 0 Å². The molecule has 2 fully saturated rings. The van der Waals surface area contributed by atoms with Crippen LogP contribution in [0.4, 0.5) is 0 Å². The third kappa shape index (κ3) is 4.46. The largest absolute Gasteiger partial charge is 0.312 e. The summed E-state index contributed by atoms with van der Waals surface area (Å²) >= 11 is 0. The van der Waals surface area contributed by atoms with Crippen molar-refractivity contribution in [3.8, 4) is 0 Å². The lowest BCUT2D eigenvalue weighted by Gasteiger charge is -2.42. The van der Waals surface area contributed by atoms with Crippen molar-refractivity contribution in [2.75, 3.05) is 26.2 Å². The van der Waals surface area contributed by atoms with Gasteiger partial charge in [0.1, 0.15) is 0 Å². The summed E-state index contributed by atoms with van der Waals surface area (Å²) in [7, 11) is 0. The first-order chi connectivity index (χ1) is 9.12. The Morgan fingerprint density at radius 1 is 1.16 bits per heavy atom. The third-order valence-electron chi connectivity index (χ3n) is 5.41. The number of nitrogens with zero attached hydrogens (tertiary/aromatic N) is 1. The molecule has 0 spiro atoms. The first-order valence-electron chi connectivity index (χ1n) is 8.57. The van der Waals surface area contributed by atoms with Gasteiger partial charge in [0.2, 0.25) is 0 Å². The molecule has 2 rings (SSSR count). The van der Waals surface area contributed by atoms with Gasteiger partial charge < -0.3 is 10.2 Å². The van der Waals surface area contributed by atoms with Gasteiger partial charge in [-0.05, 0) is 63.1 Å². The highest BCUT2D eigenvalue weighted by molar-refractivity contribution is 4.90. The average molecular weight is 266 g/mol. The van der Waals surface area contributed by atoms with Gasteiger partial charge in [-0.2, -0.15) is 0 Å². The van der Waals surface area contributed by atoms with Gasteiger partial charge in [0.05, 0.1) is 0 Å². The van der Waals surface area contributed by atoms with E-state index < -0.39 is 0 Å². The second-order valence-corrected chi connectivity index (χ2v) is 7.49. The second kappa shape index (κ2) is 7.08. The summed E-state index contributed by atoms with van der Waals surface area (Å²) in [6.07, 6.45) is 9.85. The molecule has 2 nitrogen and oxygen atoms in total. The molecule has 2 unspecified atom stereocenters. The van der Waals surface area contributed by atoms with E-state index in [9.17, 15) is 0 Å². The van der Waals surface area contributed by atoms with E-state index in [1.54, 1.807) is 0 Å². The summed E-state index contributed by atoms with van der Waals surface area (Å²) in [5.41, 5.74) is 0.480. The molecule has 112 valence electrons. The summed E-state index contributed by atoms with van der Waals surface area (Å²) in [4.78, 5) is 2.74. The maximum atomic E-state index is 3.77. The lowest BCUT2D eigenvalue weighted by Crippen LogP contribution is -2.53. The topological polar surface area (TPSA) is 15.3 Å². The van der Waals surface area contributed by atoms with Crippen LogP contribution in [0.15, 0.2) is 0 Å². The van der Waals surface area contributed by atoms with E-state index >= 15 is 0 Å². The fraction of sp³-hybridized carbons (Fsp3) is 1.00. The minimum Gasteiger partial charge on any atom is -0.312 e. The highest BCUT2D eigenvalue weighted by Gasteiger charge is 2.33. The Kier molecular flexibility index (Phi) is 5.70. The molecular formula is C17H34N2. The van der Waals surface area contributed by atoms with E-state index in [1.165, 1.54) is 71.1 Å². The molecule has 0 aromatic heterocycles. The van der Waals surface area contributed by atoms with Crippen molar-refractivity contribution in [2.45, 2.75) is 71.8 Å². The fourth-order valence-electron chi connectivity index (χ4n) is 3.95. The normalized spacial score (nSPS) is 33.0. The van der Waals surface area contributed by atoms with Gasteiger partial charge >= 0.3 is 0 Å². The molecule has 0 aromatic rings.